The highest BCUT2D eigenvalue weighted by Crippen LogP contribution is 2.26. The molecule has 1 aliphatic rings. The number of nitrogens with zero attached hydrogens (tertiary/aromatic N) is 3. The first kappa shape index (κ1) is 12.1. The Balaban J connectivity index is 1.81. The van der Waals surface area contributed by atoms with E-state index < -0.39 is 0 Å². The molecule has 0 atom stereocenters. The van der Waals surface area contributed by atoms with Gasteiger partial charge in [0.2, 0.25) is 0 Å². The second-order valence-electron chi connectivity index (χ2n) is 4.75. The number of nitrogens with one attached hydrogen (secondary N) is 1. The zero-order valence-corrected chi connectivity index (χ0v) is 10.4. The van der Waals surface area contributed by atoms with Crippen LogP contribution in [0, 0.1) is 5.41 Å². The highest BCUT2D eigenvalue weighted by molar-refractivity contribution is 5.76. The van der Waals surface area contributed by atoms with E-state index in [4.69, 9.17) is 11.1 Å². The number of aromatic nitrogens is 2. The van der Waals surface area contributed by atoms with Gasteiger partial charge in [0.15, 0.2) is 0 Å². The number of hydrogen-bond acceptors (Lipinski definition) is 3. The molecule has 0 aromatic carbocycles. The van der Waals surface area contributed by atoms with Gasteiger partial charge in [0.1, 0.15) is 5.82 Å². The molecule has 3 N–H and O–H groups in total. The highest BCUT2D eigenvalue weighted by Gasteiger charge is 2.28. The van der Waals surface area contributed by atoms with Crippen molar-refractivity contribution in [2.24, 2.45) is 12.8 Å². The summed E-state index contributed by atoms with van der Waals surface area (Å²) >= 11 is 0. The lowest BCUT2D eigenvalue weighted by atomic mass is 10.3. The number of imidazole rings is 1. The Labute approximate surface area is 102 Å². The predicted molar refractivity (Wildman–Crippen MR) is 68.0 cm³/mol. The highest BCUT2D eigenvalue weighted by atomic mass is 15.2. The summed E-state index contributed by atoms with van der Waals surface area (Å²) in [6.45, 7) is 1.92. The molecule has 0 aliphatic heterocycles. The predicted octanol–water partition coefficient (Wildman–Crippen LogP) is 0.753. The fraction of sp³-hybridized carbons (Fsp3) is 0.667. The molecule has 1 aliphatic carbocycles. The normalized spacial score (nSPS) is 15.4. The number of nitrogens with two attached hydrogens (primary N) is 1. The Hall–Kier alpha value is -1.36. The lowest BCUT2D eigenvalue weighted by molar-refractivity contribution is 0.271. The van der Waals surface area contributed by atoms with Crippen LogP contribution in [0.5, 0.6) is 0 Å². The molecule has 1 aromatic heterocycles. The van der Waals surface area contributed by atoms with Crippen molar-refractivity contribution in [1.29, 1.82) is 5.41 Å². The molecule has 1 saturated carbocycles. The molecule has 0 bridgehead atoms. The summed E-state index contributed by atoms with van der Waals surface area (Å²) in [6.07, 6.45) is 8.05. The van der Waals surface area contributed by atoms with Crippen molar-refractivity contribution in [2.75, 3.05) is 13.1 Å². The summed E-state index contributed by atoms with van der Waals surface area (Å²) in [5.41, 5.74) is 5.42. The van der Waals surface area contributed by atoms with Gasteiger partial charge in [-0.05, 0) is 12.8 Å². The first-order valence-corrected chi connectivity index (χ1v) is 6.20. The van der Waals surface area contributed by atoms with Crippen LogP contribution in [0.4, 0.5) is 0 Å². The molecule has 0 radical (unpaired) electrons. The summed E-state index contributed by atoms with van der Waals surface area (Å²) < 4.78 is 2.07. The molecule has 5 heteroatoms. The molecule has 0 unspecified atom stereocenters. The number of hydrogen-bond donors (Lipinski definition) is 2. The maximum atomic E-state index is 7.29. The van der Waals surface area contributed by atoms with Crippen LogP contribution in [-0.2, 0) is 13.5 Å². The first-order chi connectivity index (χ1) is 8.16. The maximum Gasteiger partial charge on any atom is 0.109 e. The zero-order valence-electron chi connectivity index (χ0n) is 10.4. The number of rotatable bonds is 7. The Kier molecular flexibility index (Phi) is 3.78. The second kappa shape index (κ2) is 5.31. The van der Waals surface area contributed by atoms with Crippen molar-refractivity contribution in [2.45, 2.75) is 31.7 Å². The van der Waals surface area contributed by atoms with E-state index in [1.54, 1.807) is 0 Å². The van der Waals surface area contributed by atoms with Crippen LogP contribution < -0.4 is 5.73 Å². The standard InChI is InChI=1S/C12H21N5/c1-16-9-6-15-12(16)5-8-17(10-2-3-10)7-4-11(13)14/h6,9-10H,2-5,7-8H2,1H3,(H3,13,14). The Bertz CT molecular complexity index is 380. The van der Waals surface area contributed by atoms with Crippen molar-refractivity contribution in [3.8, 4) is 0 Å². The monoisotopic (exact) mass is 235 g/mol. The summed E-state index contributed by atoms with van der Waals surface area (Å²) in [5.74, 6) is 1.41. The minimum Gasteiger partial charge on any atom is -0.388 e. The molecule has 94 valence electrons. The van der Waals surface area contributed by atoms with Crippen LogP contribution in [-0.4, -0.2) is 39.4 Å². The van der Waals surface area contributed by atoms with Crippen molar-refractivity contribution < 1.29 is 0 Å². The molecule has 5 nitrogen and oxygen atoms in total. The van der Waals surface area contributed by atoms with E-state index >= 15 is 0 Å². The van der Waals surface area contributed by atoms with Crippen LogP contribution in [0.1, 0.15) is 25.1 Å². The Morgan fingerprint density at radius 1 is 1.59 bits per heavy atom. The first-order valence-electron chi connectivity index (χ1n) is 6.20. The lowest BCUT2D eigenvalue weighted by Crippen LogP contribution is -2.32. The number of aryl methyl sites for hydroxylation is 1. The molecule has 1 heterocycles. The Morgan fingerprint density at radius 2 is 2.35 bits per heavy atom. The average molecular weight is 235 g/mol. The van der Waals surface area contributed by atoms with E-state index in [0.29, 0.717) is 6.42 Å². The van der Waals surface area contributed by atoms with E-state index in [-0.39, 0.29) is 5.84 Å². The topological polar surface area (TPSA) is 70.9 Å². The number of amidine groups is 1. The van der Waals surface area contributed by atoms with Crippen LogP contribution in [0.15, 0.2) is 12.4 Å². The lowest BCUT2D eigenvalue weighted by Gasteiger charge is -2.21. The third kappa shape index (κ3) is 3.56. The second-order valence-corrected chi connectivity index (χ2v) is 4.75. The molecule has 0 spiro atoms. The van der Waals surface area contributed by atoms with Gasteiger partial charge in [0.05, 0.1) is 5.84 Å². The zero-order chi connectivity index (χ0) is 12.3. The van der Waals surface area contributed by atoms with E-state index in [0.717, 1.165) is 31.4 Å². The quantitative estimate of drug-likeness (QED) is 0.541. The fourth-order valence-electron chi connectivity index (χ4n) is 2.06. The summed E-state index contributed by atoms with van der Waals surface area (Å²) in [6, 6.07) is 0.717. The van der Waals surface area contributed by atoms with Crippen LogP contribution in [0.2, 0.25) is 0 Å². The van der Waals surface area contributed by atoms with Crippen LogP contribution in [0.3, 0.4) is 0 Å². The van der Waals surface area contributed by atoms with Gasteiger partial charge in [0.25, 0.3) is 0 Å². The summed E-state index contributed by atoms with van der Waals surface area (Å²) in [4.78, 5) is 6.77. The molecular weight excluding hydrogens is 214 g/mol. The van der Waals surface area contributed by atoms with Gasteiger partial charge >= 0.3 is 0 Å². The third-order valence-electron chi connectivity index (χ3n) is 3.28. The van der Waals surface area contributed by atoms with Gasteiger partial charge in [-0.2, -0.15) is 0 Å². The van der Waals surface area contributed by atoms with E-state index in [9.17, 15) is 0 Å². The van der Waals surface area contributed by atoms with Gasteiger partial charge in [-0.15, -0.1) is 0 Å². The van der Waals surface area contributed by atoms with E-state index in [2.05, 4.69) is 14.5 Å². The van der Waals surface area contributed by atoms with Crippen molar-refractivity contribution in [3.63, 3.8) is 0 Å². The average Bonchev–Trinajstić information content (AvgIpc) is 3.03. The molecule has 0 saturated heterocycles. The molecule has 1 aromatic rings. The van der Waals surface area contributed by atoms with Gasteiger partial charge in [-0.1, -0.05) is 0 Å². The summed E-state index contributed by atoms with van der Waals surface area (Å²) in [7, 11) is 2.03. The van der Waals surface area contributed by atoms with Gasteiger partial charge < -0.3 is 10.3 Å². The SMILES string of the molecule is Cn1ccnc1CCN(CCC(=N)N)C1CC1. The minimum atomic E-state index is 0.285. The van der Waals surface area contributed by atoms with Crippen molar-refractivity contribution in [1.82, 2.24) is 14.5 Å². The van der Waals surface area contributed by atoms with E-state index in [1.165, 1.54) is 12.8 Å². The maximum absolute atomic E-state index is 7.29. The minimum absolute atomic E-state index is 0.285. The van der Waals surface area contributed by atoms with Crippen molar-refractivity contribution in [3.05, 3.63) is 18.2 Å². The van der Waals surface area contributed by atoms with Crippen LogP contribution >= 0.6 is 0 Å². The van der Waals surface area contributed by atoms with Gasteiger partial charge in [-0.3, -0.25) is 10.3 Å². The third-order valence-corrected chi connectivity index (χ3v) is 3.28. The smallest absolute Gasteiger partial charge is 0.109 e. The van der Waals surface area contributed by atoms with Crippen molar-refractivity contribution >= 4 is 5.84 Å². The summed E-state index contributed by atoms with van der Waals surface area (Å²) in [5, 5.41) is 7.29. The molecule has 2 rings (SSSR count). The van der Waals surface area contributed by atoms with Gasteiger partial charge in [-0.25, -0.2) is 4.98 Å². The molecule has 17 heavy (non-hydrogen) atoms. The Morgan fingerprint density at radius 3 is 2.88 bits per heavy atom. The largest absolute Gasteiger partial charge is 0.388 e. The molecule has 1 fully saturated rings. The van der Waals surface area contributed by atoms with Crippen LogP contribution in [0.25, 0.3) is 0 Å². The van der Waals surface area contributed by atoms with Gasteiger partial charge in [0, 0.05) is 51.4 Å². The molecular formula is C12H21N5. The van der Waals surface area contributed by atoms with E-state index in [1.807, 2.05) is 19.4 Å². The fourth-order valence-corrected chi connectivity index (χ4v) is 2.06. The molecule has 0 amide bonds.